The van der Waals surface area contributed by atoms with Gasteiger partial charge in [0.1, 0.15) is 12.7 Å². The number of halogens is 2. The van der Waals surface area contributed by atoms with Gasteiger partial charge in [-0.15, -0.1) is 0 Å². The lowest BCUT2D eigenvalue weighted by Gasteiger charge is -2.46. The molecule has 0 saturated carbocycles. The second kappa shape index (κ2) is 10.00. The van der Waals surface area contributed by atoms with Crippen LogP contribution in [0, 0.1) is 12.3 Å². The Labute approximate surface area is 216 Å². The molecule has 3 aromatic rings. The van der Waals surface area contributed by atoms with E-state index in [-0.39, 0.29) is 18.6 Å². The first kappa shape index (κ1) is 25.2. The van der Waals surface area contributed by atoms with Gasteiger partial charge < -0.3 is 19.5 Å². The normalized spacial score (nSPS) is 18.3. The predicted molar refractivity (Wildman–Crippen MR) is 140 cm³/mol. The van der Waals surface area contributed by atoms with Crippen LogP contribution in [0.1, 0.15) is 55.2 Å². The van der Waals surface area contributed by atoms with E-state index in [1.54, 1.807) is 19.2 Å². The summed E-state index contributed by atoms with van der Waals surface area (Å²) in [6, 6.07) is 17.0. The highest BCUT2D eigenvalue weighted by atomic mass is 35.5. The van der Waals surface area contributed by atoms with Crippen LogP contribution in [0.3, 0.4) is 0 Å². The lowest BCUT2D eigenvalue weighted by Crippen LogP contribution is -2.40. The second-order valence-electron chi connectivity index (χ2n) is 9.38. The van der Waals surface area contributed by atoms with Crippen LogP contribution < -0.4 is 14.8 Å². The fourth-order valence-corrected chi connectivity index (χ4v) is 5.11. The van der Waals surface area contributed by atoms with Crippen LogP contribution in [0.25, 0.3) is 0 Å². The first-order chi connectivity index (χ1) is 16.6. The number of para-hydroxylation sites is 1. The number of hydrogen-bond acceptors (Lipinski definition) is 5. The summed E-state index contributed by atoms with van der Waals surface area (Å²) in [6.07, 6.45) is -0.453. The standard InChI is InChI=1S/C28H29Cl2NO4/c1-16-9-12-23-21(13-16)27(35-17(2)32)28(3,4)26(31-23)20-7-6-8-24(33-5)25(20)34-15-18-10-11-19(29)14-22(18)30/h6-14,26-27,31H,15H2,1-5H3/t26-,27-/m1/s1. The molecule has 0 radical (unpaired) electrons. The maximum Gasteiger partial charge on any atom is 0.303 e. The zero-order valence-corrected chi connectivity index (χ0v) is 22.0. The van der Waals surface area contributed by atoms with Gasteiger partial charge in [0.25, 0.3) is 0 Å². The first-order valence-electron chi connectivity index (χ1n) is 11.4. The highest BCUT2D eigenvalue weighted by Crippen LogP contribution is 2.55. The fourth-order valence-electron chi connectivity index (χ4n) is 4.65. The van der Waals surface area contributed by atoms with Crippen LogP contribution in [0.2, 0.25) is 10.0 Å². The fraction of sp³-hybridized carbons (Fsp3) is 0.321. The molecule has 0 spiro atoms. The molecule has 1 heterocycles. The Morgan fingerprint density at radius 2 is 1.83 bits per heavy atom. The molecule has 35 heavy (non-hydrogen) atoms. The van der Waals surface area contributed by atoms with Crippen LogP contribution in [-0.4, -0.2) is 13.1 Å². The van der Waals surface area contributed by atoms with Gasteiger partial charge in [-0.25, -0.2) is 0 Å². The predicted octanol–water partition coefficient (Wildman–Crippen LogP) is 7.69. The molecule has 4 rings (SSSR count). The third-order valence-corrected chi connectivity index (χ3v) is 7.01. The number of aryl methyl sites for hydroxylation is 1. The minimum absolute atomic E-state index is 0.236. The number of carbonyl (C=O) groups excluding carboxylic acids is 1. The number of ether oxygens (including phenoxy) is 3. The molecule has 1 aliphatic heterocycles. The summed E-state index contributed by atoms with van der Waals surface area (Å²) < 4.78 is 17.9. The summed E-state index contributed by atoms with van der Waals surface area (Å²) in [6.45, 7) is 7.88. The minimum Gasteiger partial charge on any atom is -0.493 e. The van der Waals surface area contributed by atoms with Gasteiger partial charge in [-0.05, 0) is 31.2 Å². The Bertz CT molecular complexity index is 1260. The zero-order valence-electron chi connectivity index (χ0n) is 20.4. The van der Waals surface area contributed by atoms with Crippen LogP contribution in [0.15, 0.2) is 54.6 Å². The molecule has 3 aromatic carbocycles. The van der Waals surface area contributed by atoms with E-state index in [4.69, 9.17) is 37.4 Å². The lowest BCUT2D eigenvalue weighted by molar-refractivity contribution is -0.154. The molecule has 0 unspecified atom stereocenters. The van der Waals surface area contributed by atoms with E-state index in [0.29, 0.717) is 21.5 Å². The largest absolute Gasteiger partial charge is 0.493 e. The molecule has 0 aromatic heterocycles. The van der Waals surface area contributed by atoms with E-state index in [1.165, 1.54) is 6.92 Å². The van der Waals surface area contributed by atoms with E-state index in [9.17, 15) is 4.79 Å². The number of anilines is 1. The van der Waals surface area contributed by atoms with E-state index in [1.807, 2.05) is 43.3 Å². The van der Waals surface area contributed by atoms with Gasteiger partial charge >= 0.3 is 5.97 Å². The van der Waals surface area contributed by atoms with Gasteiger partial charge in [0.2, 0.25) is 0 Å². The molecule has 2 atom stereocenters. The Morgan fingerprint density at radius 3 is 2.51 bits per heavy atom. The van der Waals surface area contributed by atoms with Crippen molar-refractivity contribution >= 4 is 34.9 Å². The monoisotopic (exact) mass is 513 g/mol. The van der Waals surface area contributed by atoms with Crippen molar-refractivity contribution in [2.75, 3.05) is 12.4 Å². The van der Waals surface area contributed by atoms with Crippen LogP contribution in [-0.2, 0) is 16.1 Å². The summed E-state index contributed by atoms with van der Waals surface area (Å²) >= 11 is 12.4. The highest BCUT2D eigenvalue weighted by Gasteiger charge is 2.47. The summed E-state index contributed by atoms with van der Waals surface area (Å²) in [5.41, 5.74) is 4.15. The minimum atomic E-state index is -0.519. The van der Waals surface area contributed by atoms with Crippen LogP contribution in [0.4, 0.5) is 5.69 Å². The van der Waals surface area contributed by atoms with E-state index < -0.39 is 11.5 Å². The third-order valence-electron chi connectivity index (χ3n) is 6.42. The average Bonchev–Trinajstić information content (AvgIpc) is 2.80. The van der Waals surface area contributed by atoms with Crippen molar-refractivity contribution < 1.29 is 19.0 Å². The van der Waals surface area contributed by atoms with Crippen LogP contribution in [0.5, 0.6) is 11.5 Å². The Kier molecular flexibility index (Phi) is 7.20. The molecular formula is C28H29Cl2NO4. The van der Waals surface area contributed by atoms with Gasteiger partial charge in [-0.3, -0.25) is 4.79 Å². The SMILES string of the molecule is COc1cccc([C@H]2Nc3ccc(C)cc3[C@@H](OC(C)=O)C2(C)C)c1OCc1ccc(Cl)cc1Cl. The van der Waals surface area contributed by atoms with Crippen molar-refractivity contribution in [1.29, 1.82) is 0 Å². The lowest BCUT2D eigenvalue weighted by atomic mass is 9.70. The van der Waals surface area contributed by atoms with Gasteiger partial charge in [0.05, 0.1) is 13.2 Å². The molecule has 0 aliphatic carbocycles. The molecule has 0 amide bonds. The second-order valence-corrected chi connectivity index (χ2v) is 10.2. The maximum absolute atomic E-state index is 12.1. The first-order valence-corrected chi connectivity index (χ1v) is 12.2. The van der Waals surface area contributed by atoms with E-state index in [0.717, 1.165) is 27.9 Å². The summed E-state index contributed by atoms with van der Waals surface area (Å²) in [5, 5.41) is 4.77. The maximum atomic E-state index is 12.1. The molecule has 0 fully saturated rings. The highest BCUT2D eigenvalue weighted by molar-refractivity contribution is 6.35. The third kappa shape index (κ3) is 5.07. The number of nitrogens with one attached hydrogen (secondary N) is 1. The number of esters is 1. The smallest absolute Gasteiger partial charge is 0.303 e. The summed E-state index contributed by atoms with van der Waals surface area (Å²) in [7, 11) is 1.61. The van der Waals surface area contributed by atoms with Gasteiger partial charge in [-0.1, -0.05) is 72.9 Å². The summed E-state index contributed by atoms with van der Waals surface area (Å²) in [4.78, 5) is 12.1. The van der Waals surface area contributed by atoms with Gasteiger partial charge in [0.15, 0.2) is 11.5 Å². The average molecular weight is 514 g/mol. The Hall–Kier alpha value is -2.89. The molecular weight excluding hydrogens is 485 g/mol. The van der Waals surface area contributed by atoms with Crippen molar-refractivity contribution in [2.24, 2.45) is 5.41 Å². The molecule has 0 saturated heterocycles. The quantitative estimate of drug-likeness (QED) is 0.342. The number of benzene rings is 3. The molecule has 5 nitrogen and oxygen atoms in total. The zero-order chi connectivity index (χ0) is 25.3. The number of rotatable bonds is 6. The van der Waals surface area contributed by atoms with Crippen LogP contribution >= 0.6 is 23.2 Å². The number of carbonyl (C=O) groups is 1. The Balaban J connectivity index is 1.78. The van der Waals surface area contributed by atoms with Crippen molar-refractivity contribution in [2.45, 2.75) is 46.4 Å². The van der Waals surface area contributed by atoms with Crippen molar-refractivity contribution in [3.8, 4) is 11.5 Å². The number of fused-ring (bicyclic) bond motifs is 1. The number of methoxy groups -OCH3 is 1. The number of hydrogen-bond donors (Lipinski definition) is 1. The van der Waals surface area contributed by atoms with Crippen molar-refractivity contribution in [3.63, 3.8) is 0 Å². The van der Waals surface area contributed by atoms with Gasteiger partial charge in [-0.2, -0.15) is 0 Å². The molecule has 1 N–H and O–H groups in total. The van der Waals surface area contributed by atoms with Crippen molar-refractivity contribution in [3.05, 3.63) is 86.9 Å². The van der Waals surface area contributed by atoms with Crippen molar-refractivity contribution in [1.82, 2.24) is 0 Å². The van der Waals surface area contributed by atoms with E-state index >= 15 is 0 Å². The van der Waals surface area contributed by atoms with E-state index in [2.05, 4.69) is 25.2 Å². The van der Waals surface area contributed by atoms with Gasteiger partial charge in [0, 0.05) is 44.8 Å². The molecule has 1 aliphatic rings. The Morgan fingerprint density at radius 1 is 1.06 bits per heavy atom. The molecule has 7 heteroatoms. The molecule has 0 bridgehead atoms. The summed E-state index contributed by atoms with van der Waals surface area (Å²) in [5.74, 6) is 0.878. The topological polar surface area (TPSA) is 56.8 Å². The molecule has 184 valence electrons.